The van der Waals surface area contributed by atoms with Crippen LogP contribution in [0, 0.1) is 0 Å². The highest BCUT2D eigenvalue weighted by atomic mass is 16.5. The van der Waals surface area contributed by atoms with Crippen LogP contribution in [0.3, 0.4) is 0 Å². The SMILES string of the molecule is CCOC(=O)C(C=O)NCCc1ccccc1. The summed E-state index contributed by atoms with van der Waals surface area (Å²) >= 11 is 0. The van der Waals surface area contributed by atoms with Crippen molar-refractivity contribution >= 4 is 12.3 Å². The van der Waals surface area contributed by atoms with Gasteiger partial charge in [-0.1, -0.05) is 30.3 Å². The summed E-state index contributed by atoms with van der Waals surface area (Å²) in [6, 6.07) is 9.00. The van der Waals surface area contributed by atoms with Crippen molar-refractivity contribution in [3.63, 3.8) is 0 Å². The van der Waals surface area contributed by atoms with Crippen molar-refractivity contribution in [2.24, 2.45) is 0 Å². The number of hydrogen-bond donors (Lipinski definition) is 1. The molecule has 0 bridgehead atoms. The molecule has 17 heavy (non-hydrogen) atoms. The summed E-state index contributed by atoms with van der Waals surface area (Å²) in [5.41, 5.74) is 1.16. The number of aldehydes is 1. The van der Waals surface area contributed by atoms with Gasteiger partial charge >= 0.3 is 5.97 Å². The largest absolute Gasteiger partial charge is 0.464 e. The Morgan fingerprint density at radius 2 is 2.12 bits per heavy atom. The number of carbonyl (C=O) groups excluding carboxylic acids is 2. The Hall–Kier alpha value is -1.68. The van der Waals surface area contributed by atoms with Crippen LogP contribution in [0.4, 0.5) is 0 Å². The average Bonchev–Trinajstić information content (AvgIpc) is 2.36. The lowest BCUT2D eigenvalue weighted by Crippen LogP contribution is -2.40. The zero-order chi connectivity index (χ0) is 12.5. The van der Waals surface area contributed by atoms with Crippen LogP contribution in [-0.2, 0) is 20.7 Å². The second kappa shape index (κ2) is 7.57. The van der Waals surface area contributed by atoms with Gasteiger partial charge < -0.3 is 9.53 Å². The first kappa shape index (κ1) is 13.4. The van der Waals surface area contributed by atoms with Crippen molar-refractivity contribution < 1.29 is 14.3 Å². The molecule has 4 nitrogen and oxygen atoms in total. The van der Waals surface area contributed by atoms with E-state index in [4.69, 9.17) is 4.74 Å². The third-order valence-corrected chi connectivity index (χ3v) is 2.30. The van der Waals surface area contributed by atoms with E-state index in [1.54, 1.807) is 6.92 Å². The summed E-state index contributed by atoms with van der Waals surface area (Å²) in [4.78, 5) is 22.0. The monoisotopic (exact) mass is 235 g/mol. The second-order valence-corrected chi connectivity index (χ2v) is 3.56. The van der Waals surface area contributed by atoms with E-state index in [9.17, 15) is 9.59 Å². The Balaban J connectivity index is 2.33. The first-order valence-electron chi connectivity index (χ1n) is 5.67. The number of hydrogen-bond acceptors (Lipinski definition) is 4. The summed E-state index contributed by atoms with van der Waals surface area (Å²) in [5, 5.41) is 2.86. The van der Waals surface area contributed by atoms with Gasteiger partial charge in [-0.15, -0.1) is 0 Å². The molecule has 1 aromatic carbocycles. The van der Waals surface area contributed by atoms with Crippen LogP contribution < -0.4 is 5.32 Å². The van der Waals surface area contributed by atoms with Gasteiger partial charge in [0.2, 0.25) is 0 Å². The normalized spacial score (nSPS) is 11.8. The number of benzene rings is 1. The molecule has 0 radical (unpaired) electrons. The highest BCUT2D eigenvalue weighted by Crippen LogP contribution is 1.98. The molecule has 0 heterocycles. The predicted molar refractivity (Wildman–Crippen MR) is 64.6 cm³/mol. The molecule has 1 rings (SSSR count). The smallest absolute Gasteiger partial charge is 0.330 e. The van der Waals surface area contributed by atoms with Gasteiger partial charge in [0.1, 0.15) is 6.29 Å². The van der Waals surface area contributed by atoms with Gasteiger partial charge in [0.05, 0.1) is 6.61 Å². The molecule has 1 unspecified atom stereocenters. The van der Waals surface area contributed by atoms with Crippen LogP contribution in [0.25, 0.3) is 0 Å². The molecule has 4 heteroatoms. The minimum atomic E-state index is -0.862. The molecule has 92 valence electrons. The average molecular weight is 235 g/mol. The van der Waals surface area contributed by atoms with Crippen LogP contribution in [0.15, 0.2) is 30.3 Å². The van der Waals surface area contributed by atoms with E-state index in [-0.39, 0.29) is 6.61 Å². The molecule has 0 aliphatic carbocycles. The van der Waals surface area contributed by atoms with Crippen molar-refractivity contribution in [2.75, 3.05) is 13.2 Å². The minimum absolute atomic E-state index is 0.281. The van der Waals surface area contributed by atoms with Gasteiger partial charge in [-0.25, -0.2) is 4.79 Å². The standard InChI is InChI=1S/C13H17NO3/c1-2-17-13(16)12(10-15)14-9-8-11-6-4-3-5-7-11/h3-7,10,12,14H,2,8-9H2,1H3. The lowest BCUT2D eigenvalue weighted by atomic mass is 10.1. The maximum absolute atomic E-state index is 11.3. The Labute approximate surface area is 101 Å². The van der Waals surface area contributed by atoms with E-state index >= 15 is 0 Å². The Bertz CT molecular complexity index is 351. The zero-order valence-electron chi connectivity index (χ0n) is 9.89. The van der Waals surface area contributed by atoms with Crippen molar-refractivity contribution in [3.8, 4) is 0 Å². The molecular formula is C13H17NO3. The number of nitrogens with one attached hydrogen (secondary N) is 1. The molecule has 0 aliphatic heterocycles. The first-order chi connectivity index (χ1) is 8.27. The fourth-order valence-electron chi connectivity index (χ4n) is 1.44. The molecule has 0 amide bonds. The number of carbonyl (C=O) groups is 2. The third kappa shape index (κ3) is 4.78. The van der Waals surface area contributed by atoms with Crippen LogP contribution >= 0.6 is 0 Å². The Kier molecular flexibility index (Phi) is 5.96. The first-order valence-corrected chi connectivity index (χ1v) is 5.67. The molecule has 0 saturated heterocycles. The summed E-state index contributed by atoms with van der Waals surface area (Å²) in [6.45, 7) is 2.56. The highest BCUT2D eigenvalue weighted by Gasteiger charge is 2.17. The number of rotatable bonds is 7. The molecule has 0 saturated carbocycles. The van der Waals surface area contributed by atoms with Gasteiger partial charge in [0, 0.05) is 6.54 Å². The van der Waals surface area contributed by atoms with Crippen LogP contribution in [-0.4, -0.2) is 31.4 Å². The van der Waals surface area contributed by atoms with E-state index in [2.05, 4.69) is 5.32 Å². The van der Waals surface area contributed by atoms with Crippen molar-refractivity contribution in [3.05, 3.63) is 35.9 Å². The van der Waals surface area contributed by atoms with E-state index < -0.39 is 12.0 Å². The maximum Gasteiger partial charge on any atom is 0.330 e. The zero-order valence-corrected chi connectivity index (χ0v) is 9.89. The molecule has 1 atom stereocenters. The Morgan fingerprint density at radius 1 is 1.41 bits per heavy atom. The predicted octanol–water partition coefficient (Wildman–Crippen LogP) is 0.949. The molecule has 0 spiro atoms. The lowest BCUT2D eigenvalue weighted by Gasteiger charge is -2.11. The summed E-state index contributed by atoms with van der Waals surface area (Å²) < 4.78 is 4.76. The van der Waals surface area contributed by atoms with E-state index in [1.165, 1.54) is 0 Å². The highest BCUT2D eigenvalue weighted by molar-refractivity contribution is 5.92. The van der Waals surface area contributed by atoms with Gasteiger partial charge in [0.15, 0.2) is 6.04 Å². The fraction of sp³-hybridized carbons (Fsp3) is 0.385. The summed E-state index contributed by atoms with van der Waals surface area (Å²) in [5.74, 6) is -0.518. The van der Waals surface area contributed by atoms with Gasteiger partial charge in [-0.2, -0.15) is 0 Å². The van der Waals surface area contributed by atoms with Crippen molar-refractivity contribution in [1.82, 2.24) is 5.32 Å². The number of esters is 1. The molecule has 1 aromatic rings. The lowest BCUT2D eigenvalue weighted by molar-refractivity contribution is -0.146. The maximum atomic E-state index is 11.3. The van der Waals surface area contributed by atoms with Gasteiger partial charge in [-0.05, 0) is 18.9 Å². The number of ether oxygens (including phenoxy) is 1. The van der Waals surface area contributed by atoms with Crippen molar-refractivity contribution in [1.29, 1.82) is 0 Å². The van der Waals surface area contributed by atoms with Crippen LogP contribution in [0.5, 0.6) is 0 Å². The fourth-order valence-corrected chi connectivity index (χ4v) is 1.44. The minimum Gasteiger partial charge on any atom is -0.464 e. The third-order valence-electron chi connectivity index (χ3n) is 2.30. The van der Waals surface area contributed by atoms with Crippen molar-refractivity contribution in [2.45, 2.75) is 19.4 Å². The summed E-state index contributed by atoms with van der Waals surface area (Å²) in [7, 11) is 0. The van der Waals surface area contributed by atoms with E-state index in [0.29, 0.717) is 12.8 Å². The van der Waals surface area contributed by atoms with E-state index in [1.807, 2.05) is 30.3 Å². The molecule has 0 fully saturated rings. The quantitative estimate of drug-likeness (QED) is 0.434. The van der Waals surface area contributed by atoms with Crippen LogP contribution in [0.2, 0.25) is 0 Å². The second-order valence-electron chi connectivity index (χ2n) is 3.56. The van der Waals surface area contributed by atoms with Gasteiger partial charge in [0.25, 0.3) is 0 Å². The molecule has 1 N–H and O–H groups in total. The van der Waals surface area contributed by atoms with E-state index in [0.717, 1.165) is 12.0 Å². The summed E-state index contributed by atoms with van der Waals surface area (Å²) in [6.07, 6.45) is 1.34. The molecule has 0 aromatic heterocycles. The Morgan fingerprint density at radius 3 is 2.71 bits per heavy atom. The molecular weight excluding hydrogens is 218 g/mol. The van der Waals surface area contributed by atoms with Crippen LogP contribution in [0.1, 0.15) is 12.5 Å². The molecule has 0 aliphatic rings. The van der Waals surface area contributed by atoms with Gasteiger partial charge in [-0.3, -0.25) is 5.32 Å². The topological polar surface area (TPSA) is 55.4 Å².